The van der Waals surface area contributed by atoms with Crippen molar-refractivity contribution >= 4 is 28.2 Å². The van der Waals surface area contributed by atoms with Crippen LogP contribution in [0.15, 0.2) is 17.5 Å². The second-order valence-electron chi connectivity index (χ2n) is 5.66. The molecule has 0 radical (unpaired) electrons. The molecule has 2 aromatic rings. The third-order valence-corrected chi connectivity index (χ3v) is 4.79. The van der Waals surface area contributed by atoms with E-state index in [0.717, 1.165) is 36.9 Å². The van der Waals surface area contributed by atoms with Crippen molar-refractivity contribution in [2.45, 2.75) is 26.2 Å². The highest BCUT2D eigenvalue weighted by atomic mass is 32.1. The Labute approximate surface area is 145 Å². The van der Waals surface area contributed by atoms with Crippen LogP contribution in [0.3, 0.4) is 0 Å². The first-order valence-corrected chi connectivity index (χ1v) is 9.19. The minimum atomic E-state index is -0.200. The molecule has 8 heteroatoms. The number of hydrogen-bond acceptors (Lipinski definition) is 7. The van der Waals surface area contributed by atoms with Crippen molar-refractivity contribution in [1.82, 2.24) is 20.5 Å². The highest BCUT2D eigenvalue weighted by molar-refractivity contribution is 7.13. The van der Waals surface area contributed by atoms with E-state index in [-0.39, 0.29) is 5.91 Å². The summed E-state index contributed by atoms with van der Waals surface area (Å²) in [4.78, 5) is 18.7. The molecule has 0 spiro atoms. The van der Waals surface area contributed by atoms with Crippen molar-refractivity contribution in [2.24, 2.45) is 0 Å². The summed E-state index contributed by atoms with van der Waals surface area (Å²) in [5.41, 5.74) is 1.43. The fourth-order valence-electron chi connectivity index (χ4n) is 2.58. The molecule has 0 unspecified atom stereocenters. The van der Waals surface area contributed by atoms with Gasteiger partial charge in [0, 0.05) is 38.0 Å². The summed E-state index contributed by atoms with van der Waals surface area (Å²) < 4.78 is 0. The number of rotatable bonds is 7. The van der Waals surface area contributed by atoms with E-state index in [1.54, 1.807) is 23.5 Å². The third kappa shape index (κ3) is 4.19. The Morgan fingerprint density at radius 1 is 1.29 bits per heavy atom. The molecule has 1 aliphatic heterocycles. The van der Waals surface area contributed by atoms with Crippen LogP contribution in [0, 0.1) is 0 Å². The van der Waals surface area contributed by atoms with Gasteiger partial charge in [-0.3, -0.25) is 4.79 Å². The molecular formula is C16H22N6OS. The molecule has 0 saturated carbocycles. The number of nitrogens with one attached hydrogen (secondary N) is 2. The van der Waals surface area contributed by atoms with Gasteiger partial charge in [0.1, 0.15) is 5.82 Å². The van der Waals surface area contributed by atoms with E-state index in [0.29, 0.717) is 18.1 Å². The van der Waals surface area contributed by atoms with Crippen molar-refractivity contribution in [3.63, 3.8) is 0 Å². The Morgan fingerprint density at radius 3 is 2.83 bits per heavy atom. The lowest BCUT2D eigenvalue weighted by Crippen LogP contribution is -2.24. The highest BCUT2D eigenvalue weighted by Gasteiger charge is 2.15. The maximum Gasteiger partial charge on any atom is 0.271 e. The number of aromatic nitrogens is 3. The van der Waals surface area contributed by atoms with E-state index in [4.69, 9.17) is 4.98 Å². The monoisotopic (exact) mass is 346 g/mol. The molecule has 2 aromatic heterocycles. The smallest absolute Gasteiger partial charge is 0.271 e. The maximum absolute atomic E-state index is 11.6. The highest BCUT2D eigenvalue weighted by Crippen LogP contribution is 2.24. The third-order valence-electron chi connectivity index (χ3n) is 3.84. The van der Waals surface area contributed by atoms with Crippen LogP contribution in [0.5, 0.6) is 0 Å². The van der Waals surface area contributed by atoms with E-state index in [9.17, 15) is 4.79 Å². The first-order chi connectivity index (χ1) is 11.8. The van der Waals surface area contributed by atoms with Crippen LogP contribution in [0.2, 0.25) is 0 Å². The summed E-state index contributed by atoms with van der Waals surface area (Å²) in [7, 11) is 0. The van der Waals surface area contributed by atoms with Crippen LogP contribution >= 0.6 is 11.3 Å². The van der Waals surface area contributed by atoms with Gasteiger partial charge in [0.05, 0.1) is 5.69 Å². The molecule has 3 heterocycles. The van der Waals surface area contributed by atoms with Crippen LogP contribution in [0.4, 0.5) is 10.9 Å². The largest absolute Gasteiger partial charge is 0.368 e. The maximum atomic E-state index is 11.6. The number of anilines is 2. The lowest BCUT2D eigenvalue weighted by molar-refractivity contribution is 0.0950. The normalized spacial score (nSPS) is 14.0. The van der Waals surface area contributed by atoms with E-state index in [1.807, 2.05) is 6.92 Å². The molecule has 128 valence electrons. The summed E-state index contributed by atoms with van der Waals surface area (Å²) in [6.45, 7) is 5.43. The zero-order chi connectivity index (χ0) is 16.8. The first kappa shape index (κ1) is 16.6. The van der Waals surface area contributed by atoms with Gasteiger partial charge in [-0.15, -0.1) is 21.5 Å². The molecule has 1 saturated heterocycles. The zero-order valence-corrected chi connectivity index (χ0v) is 14.6. The van der Waals surface area contributed by atoms with Gasteiger partial charge in [0.25, 0.3) is 5.91 Å². The fourth-order valence-corrected chi connectivity index (χ4v) is 3.50. The molecule has 3 rings (SSSR count). The van der Waals surface area contributed by atoms with Crippen LogP contribution in [-0.2, 0) is 6.42 Å². The van der Waals surface area contributed by atoms with Crippen LogP contribution in [0.25, 0.3) is 0 Å². The van der Waals surface area contributed by atoms with Gasteiger partial charge in [-0.1, -0.05) is 0 Å². The molecule has 0 aromatic carbocycles. The number of thiazole rings is 1. The molecule has 0 atom stereocenters. The quantitative estimate of drug-likeness (QED) is 0.797. The zero-order valence-electron chi connectivity index (χ0n) is 13.8. The Bertz CT molecular complexity index is 665. The predicted molar refractivity (Wildman–Crippen MR) is 95.8 cm³/mol. The predicted octanol–water partition coefficient (Wildman–Crippen LogP) is 1.94. The van der Waals surface area contributed by atoms with Gasteiger partial charge in [0.15, 0.2) is 10.8 Å². The number of carbonyl (C=O) groups excluding carboxylic acids is 1. The molecule has 1 aliphatic rings. The summed E-state index contributed by atoms with van der Waals surface area (Å²) >= 11 is 1.72. The van der Waals surface area contributed by atoms with E-state index in [1.165, 1.54) is 12.8 Å². The van der Waals surface area contributed by atoms with E-state index in [2.05, 4.69) is 31.1 Å². The van der Waals surface area contributed by atoms with Crippen molar-refractivity contribution in [3.05, 3.63) is 28.9 Å². The van der Waals surface area contributed by atoms with Gasteiger partial charge in [-0.2, -0.15) is 0 Å². The Hall–Kier alpha value is -2.22. The second-order valence-corrected chi connectivity index (χ2v) is 6.49. The van der Waals surface area contributed by atoms with Gasteiger partial charge in [-0.25, -0.2) is 4.98 Å². The van der Waals surface area contributed by atoms with Crippen LogP contribution in [0.1, 0.15) is 35.9 Å². The van der Waals surface area contributed by atoms with Crippen molar-refractivity contribution in [2.75, 3.05) is 36.4 Å². The number of nitrogens with zero attached hydrogens (tertiary/aromatic N) is 4. The van der Waals surface area contributed by atoms with Crippen LogP contribution < -0.4 is 15.5 Å². The van der Waals surface area contributed by atoms with Gasteiger partial charge in [-0.05, 0) is 31.9 Å². The van der Waals surface area contributed by atoms with Crippen LogP contribution in [-0.4, -0.2) is 47.3 Å². The average molecular weight is 346 g/mol. The molecule has 0 bridgehead atoms. The minimum Gasteiger partial charge on any atom is -0.368 e. The van der Waals surface area contributed by atoms with Gasteiger partial charge < -0.3 is 15.5 Å². The standard InChI is InChI=1S/C16H22N6OS/c1-2-17-15(23)13-5-6-14(21-20-13)18-8-7-12-11-24-16(19-12)22-9-3-4-10-22/h5-6,11H,2-4,7-10H2,1H3,(H,17,23)(H,18,21). The van der Waals surface area contributed by atoms with E-state index < -0.39 is 0 Å². The van der Waals surface area contributed by atoms with Gasteiger partial charge >= 0.3 is 0 Å². The number of amides is 1. The molecule has 24 heavy (non-hydrogen) atoms. The van der Waals surface area contributed by atoms with Crippen molar-refractivity contribution in [1.29, 1.82) is 0 Å². The SMILES string of the molecule is CCNC(=O)c1ccc(NCCc2csc(N3CCCC3)n2)nn1. The lowest BCUT2D eigenvalue weighted by Gasteiger charge is -2.12. The topological polar surface area (TPSA) is 83.0 Å². The van der Waals surface area contributed by atoms with E-state index >= 15 is 0 Å². The van der Waals surface area contributed by atoms with Crippen molar-refractivity contribution < 1.29 is 4.79 Å². The molecular weight excluding hydrogens is 324 g/mol. The summed E-state index contributed by atoms with van der Waals surface area (Å²) in [6.07, 6.45) is 3.37. The lowest BCUT2D eigenvalue weighted by atomic mass is 10.3. The molecule has 2 N–H and O–H groups in total. The first-order valence-electron chi connectivity index (χ1n) is 8.31. The Kier molecular flexibility index (Phi) is 5.58. The number of hydrogen-bond donors (Lipinski definition) is 2. The average Bonchev–Trinajstić information content (AvgIpc) is 3.27. The Morgan fingerprint density at radius 2 is 2.12 bits per heavy atom. The fraction of sp³-hybridized carbons (Fsp3) is 0.500. The summed E-state index contributed by atoms with van der Waals surface area (Å²) in [6, 6.07) is 3.45. The minimum absolute atomic E-state index is 0.200. The molecule has 1 amide bonds. The summed E-state index contributed by atoms with van der Waals surface area (Å²) in [5, 5.41) is 17.1. The number of carbonyl (C=O) groups is 1. The second kappa shape index (κ2) is 8.05. The summed E-state index contributed by atoms with van der Waals surface area (Å²) in [5.74, 6) is 0.464. The molecule has 7 nitrogen and oxygen atoms in total. The molecule has 1 fully saturated rings. The molecule has 0 aliphatic carbocycles. The van der Waals surface area contributed by atoms with Crippen molar-refractivity contribution in [3.8, 4) is 0 Å². The Balaban J connectivity index is 1.47. The van der Waals surface area contributed by atoms with Gasteiger partial charge in [0.2, 0.25) is 0 Å².